The number of ether oxygens (including phenoxy) is 1. The van der Waals surface area contributed by atoms with E-state index in [-0.39, 0.29) is 11.6 Å². The van der Waals surface area contributed by atoms with Crippen LogP contribution in [0.1, 0.15) is 50.3 Å². The summed E-state index contributed by atoms with van der Waals surface area (Å²) < 4.78 is 5.47. The van der Waals surface area contributed by atoms with Gasteiger partial charge < -0.3 is 10.1 Å². The SMILES string of the molecule is CCCCC(=O)NC(c1cccc([N+](=O)[O-])c1)c1c(OC(C)=O)ccc2ccccc12. The normalized spacial score (nSPS) is 11.7. The Labute approximate surface area is 180 Å². The molecule has 31 heavy (non-hydrogen) atoms. The van der Waals surface area contributed by atoms with E-state index in [0.29, 0.717) is 23.3 Å². The molecule has 3 aromatic carbocycles. The van der Waals surface area contributed by atoms with Gasteiger partial charge in [0, 0.05) is 31.0 Å². The molecular formula is C24H24N2O5. The smallest absolute Gasteiger partial charge is 0.308 e. The molecule has 1 N–H and O–H groups in total. The maximum Gasteiger partial charge on any atom is 0.308 e. The van der Waals surface area contributed by atoms with Crippen LogP contribution in [0.5, 0.6) is 5.75 Å². The summed E-state index contributed by atoms with van der Waals surface area (Å²) in [5, 5.41) is 16.0. The molecule has 0 aliphatic carbocycles. The minimum absolute atomic E-state index is 0.0837. The number of unbranched alkanes of at least 4 members (excludes halogenated alkanes) is 1. The highest BCUT2D eigenvalue weighted by molar-refractivity contribution is 5.90. The maximum absolute atomic E-state index is 12.7. The number of hydrogen-bond donors (Lipinski definition) is 1. The summed E-state index contributed by atoms with van der Waals surface area (Å²) in [4.78, 5) is 35.3. The Morgan fingerprint density at radius 2 is 1.87 bits per heavy atom. The second kappa shape index (κ2) is 9.84. The molecule has 0 saturated carbocycles. The van der Waals surface area contributed by atoms with Gasteiger partial charge in [0.05, 0.1) is 11.0 Å². The standard InChI is InChI=1S/C24H24N2O5/c1-3-4-12-22(28)25-24(18-9-7-10-19(15-18)26(29)30)23-20-11-6-5-8-17(20)13-14-21(23)31-16(2)27/h5-11,13-15,24H,3-4,12H2,1-2H3,(H,25,28). The van der Waals surface area contributed by atoms with E-state index in [4.69, 9.17) is 4.74 Å². The first-order chi connectivity index (χ1) is 14.9. The van der Waals surface area contributed by atoms with Gasteiger partial charge in [-0.1, -0.05) is 55.8 Å². The second-order valence-corrected chi connectivity index (χ2v) is 7.25. The number of carbonyl (C=O) groups is 2. The van der Waals surface area contributed by atoms with Crippen molar-refractivity contribution in [1.82, 2.24) is 5.32 Å². The van der Waals surface area contributed by atoms with Crippen molar-refractivity contribution in [3.05, 3.63) is 81.9 Å². The van der Waals surface area contributed by atoms with Crippen LogP contribution in [-0.4, -0.2) is 16.8 Å². The van der Waals surface area contributed by atoms with Crippen molar-refractivity contribution in [2.45, 2.75) is 39.2 Å². The molecule has 1 amide bonds. The molecule has 0 saturated heterocycles. The van der Waals surface area contributed by atoms with Gasteiger partial charge in [-0.25, -0.2) is 0 Å². The van der Waals surface area contributed by atoms with Crippen molar-refractivity contribution in [2.75, 3.05) is 0 Å². The van der Waals surface area contributed by atoms with Crippen molar-refractivity contribution in [3.8, 4) is 5.75 Å². The zero-order valence-electron chi connectivity index (χ0n) is 17.5. The number of nitro benzene ring substituents is 1. The van der Waals surface area contributed by atoms with Crippen LogP contribution >= 0.6 is 0 Å². The number of hydrogen-bond acceptors (Lipinski definition) is 5. The summed E-state index contributed by atoms with van der Waals surface area (Å²) >= 11 is 0. The Hall–Kier alpha value is -3.74. The van der Waals surface area contributed by atoms with Crippen LogP contribution in [-0.2, 0) is 9.59 Å². The molecule has 0 bridgehead atoms. The van der Waals surface area contributed by atoms with Crippen molar-refractivity contribution >= 4 is 28.3 Å². The minimum atomic E-state index is -0.732. The van der Waals surface area contributed by atoms with Crippen molar-refractivity contribution in [1.29, 1.82) is 0 Å². The fraction of sp³-hybridized carbons (Fsp3) is 0.250. The third-order valence-corrected chi connectivity index (χ3v) is 4.95. The molecular weight excluding hydrogens is 396 g/mol. The summed E-state index contributed by atoms with van der Waals surface area (Å²) in [5.41, 5.74) is 1.03. The molecule has 160 valence electrons. The predicted octanol–water partition coefficient (Wildman–Crippen LogP) is 5.07. The van der Waals surface area contributed by atoms with Gasteiger partial charge >= 0.3 is 5.97 Å². The molecule has 7 nitrogen and oxygen atoms in total. The van der Waals surface area contributed by atoms with Crippen molar-refractivity contribution < 1.29 is 19.2 Å². The Bertz CT molecular complexity index is 1130. The molecule has 0 radical (unpaired) electrons. The lowest BCUT2D eigenvalue weighted by Crippen LogP contribution is -2.30. The van der Waals surface area contributed by atoms with Crippen LogP contribution in [0, 0.1) is 10.1 Å². The molecule has 1 unspecified atom stereocenters. The van der Waals surface area contributed by atoms with Crippen molar-refractivity contribution in [2.24, 2.45) is 0 Å². The number of esters is 1. The number of carbonyl (C=O) groups excluding carboxylic acids is 2. The van der Waals surface area contributed by atoms with Gasteiger partial charge in [0.15, 0.2) is 0 Å². The lowest BCUT2D eigenvalue weighted by atomic mass is 9.92. The van der Waals surface area contributed by atoms with Gasteiger partial charge in [-0.05, 0) is 28.8 Å². The zero-order valence-corrected chi connectivity index (χ0v) is 17.5. The number of nitrogens with zero attached hydrogens (tertiary/aromatic N) is 1. The highest BCUT2D eigenvalue weighted by Crippen LogP contribution is 2.37. The third-order valence-electron chi connectivity index (χ3n) is 4.95. The zero-order chi connectivity index (χ0) is 22.4. The van der Waals surface area contributed by atoms with Gasteiger partial charge in [0.1, 0.15) is 5.75 Å². The average molecular weight is 420 g/mol. The molecule has 3 aromatic rings. The van der Waals surface area contributed by atoms with Crippen LogP contribution in [0.4, 0.5) is 5.69 Å². The number of fused-ring (bicyclic) bond motifs is 1. The lowest BCUT2D eigenvalue weighted by Gasteiger charge is -2.24. The predicted molar refractivity (Wildman–Crippen MR) is 118 cm³/mol. The van der Waals surface area contributed by atoms with Crippen LogP contribution in [0.15, 0.2) is 60.7 Å². The minimum Gasteiger partial charge on any atom is -0.426 e. The van der Waals surface area contributed by atoms with E-state index in [1.165, 1.54) is 19.1 Å². The first kappa shape index (κ1) is 22.0. The molecule has 7 heteroatoms. The largest absolute Gasteiger partial charge is 0.426 e. The molecule has 0 aliphatic rings. The number of non-ortho nitro benzene ring substituents is 1. The number of benzene rings is 3. The highest BCUT2D eigenvalue weighted by atomic mass is 16.6. The van der Waals surface area contributed by atoms with E-state index < -0.39 is 16.9 Å². The van der Waals surface area contributed by atoms with Crippen molar-refractivity contribution in [3.63, 3.8) is 0 Å². The summed E-state index contributed by atoms with van der Waals surface area (Å²) in [6.07, 6.45) is 1.91. The van der Waals surface area contributed by atoms with Gasteiger partial charge in [0.2, 0.25) is 5.91 Å². The van der Waals surface area contributed by atoms with E-state index in [1.807, 2.05) is 37.3 Å². The second-order valence-electron chi connectivity index (χ2n) is 7.25. The van der Waals surface area contributed by atoms with Gasteiger partial charge in [-0.3, -0.25) is 19.7 Å². The highest BCUT2D eigenvalue weighted by Gasteiger charge is 2.25. The maximum atomic E-state index is 12.7. The van der Waals surface area contributed by atoms with Gasteiger partial charge in [-0.2, -0.15) is 0 Å². The van der Waals surface area contributed by atoms with Crippen LogP contribution in [0.25, 0.3) is 10.8 Å². The first-order valence-corrected chi connectivity index (χ1v) is 10.1. The lowest BCUT2D eigenvalue weighted by molar-refractivity contribution is -0.384. The van der Waals surface area contributed by atoms with E-state index >= 15 is 0 Å². The number of nitrogens with one attached hydrogen (secondary N) is 1. The molecule has 0 spiro atoms. The summed E-state index contributed by atoms with van der Waals surface area (Å²) in [5.74, 6) is -0.370. The van der Waals surface area contributed by atoms with Crippen LogP contribution < -0.4 is 10.1 Å². The average Bonchev–Trinajstić information content (AvgIpc) is 2.76. The summed E-state index contributed by atoms with van der Waals surface area (Å²) in [7, 11) is 0. The Balaban J connectivity index is 2.22. The fourth-order valence-electron chi connectivity index (χ4n) is 3.53. The van der Waals surface area contributed by atoms with E-state index in [0.717, 1.165) is 23.6 Å². The third kappa shape index (κ3) is 5.25. The number of amides is 1. The summed E-state index contributed by atoms with van der Waals surface area (Å²) in [6, 6.07) is 16.4. The topological polar surface area (TPSA) is 98.5 Å². The molecule has 1 atom stereocenters. The van der Waals surface area contributed by atoms with Gasteiger partial charge in [0.25, 0.3) is 5.69 Å². The van der Waals surface area contributed by atoms with E-state index in [1.54, 1.807) is 18.2 Å². The quantitative estimate of drug-likeness (QED) is 0.237. The Kier molecular flexibility index (Phi) is 6.97. The molecule has 0 fully saturated rings. The molecule has 3 rings (SSSR count). The number of nitro groups is 1. The fourth-order valence-corrected chi connectivity index (χ4v) is 3.53. The Morgan fingerprint density at radius 3 is 2.58 bits per heavy atom. The summed E-state index contributed by atoms with van der Waals surface area (Å²) in [6.45, 7) is 3.30. The van der Waals surface area contributed by atoms with E-state index in [2.05, 4.69) is 5.32 Å². The van der Waals surface area contributed by atoms with Crippen LogP contribution in [0.3, 0.4) is 0 Å². The first-order valence-electron chi connectivity index (χ1n) is 10.1. The Morgan fingerprint density at radius 1 is 1.10 bits per heavy atom. The molecule has 0 aliphatic heterocycles. The van der Waals surface area contributed by atoms with Crippen LogP contribution in [0.2, 0.25) is 0 Å². The molecule has 0 heterocycles. The number of rotatable bonds is 8. The van der Waals surface area contributed by atoms with E-state index in [9.17, 15) is 19.7 Å². The van der Waals surface area contributed by atoms with Gasteiger partial charge in [-0.15, -0.1) is 0 Å². The monoisotopic (exact) mass is 420 g/mol. The molecule has 0 aromatic heterocycles.